The van der Waals surface area contributed by atoms with Crippen molar-refractivity contribution >= 4 is 35.0 Å². The van der Waals surface area contributed by atoms with Crippen molar-refractivity contribution in [2.24, 2.45) is 5.92 Å². The highest BCUT2D eigenvalue weighted by Gasteiger charge is 2.31. The zero-order chi connectivity index (χ0) is 36.2. The summed E-state index contributed by atoms with van der Waals surface area (Å²) in [6.45, 7) is 6.26. The van der Waals surface area contributed by atoms with Gasteiger partial charge in [0.25, 0.3) is 5.91 Å². The number of nitrogens with zero attached hydrogens (tertiary/aromatic N) is 2. The fourth-order valence-corrected chi connectivity index (χ4v) is 5.54. The molecule has 13 heteroatoms. The van der Waals surface area contributed by atoms with Crippen LogP contribution >= 0.6 is 0 Å². The third-order valence-corrected chi connectivity index (χ3v) is 8.55. The highest BCUT2D eigenvalue weighted by atomic mass is 19.1. The van der Waals surface area contributed by atoms with Crippen molar-refractivity contribution in [3.63, 3.8) is 0 Å². The third kappa shape index (κ3) is 10.8. The number of aliphatic hydroxyl groups excluding tert-OH is 1. The van der Waals surface area contributed by atoms with Crippen LogP contribution in [0.4, 0.5) is 31.0 Å². The second-order valence-corrected chi connectivity index (χ2v) is 12.6. The number of rotatable bonds is 8. The van der Waals surface area contributed by atoms with Gasteiger partial charge in [0, 0.05) is 49.7 Å². The van der Waals surface area contributed by atoms with Crippen LogP contribution in [0.15, 0.2) is 66.7 Å². The van der Waals surface area contributed by atoms with Crippen molar-refractivity contribution in [3.8, 4) is 11.5 Å². The molecule has 50 heavy (non-hydrogen) atoms. The van der Waals surface area contributed by atoms with Gasteiger partial charge in [-0.3, -0.25) is 4.79 Å². The normalized spacial score (nSPS) is 19.2. The number of methoxy groups -OCH3 is 1. The van der Waals surface area contributed by atoms with E-state index in [-0.39, 0.29) is 43.3 Å². The van der Waals surface area contributed by atoms with E-state index in [4.69, 9.17) is 14.2 Å². The number of anilines is 3. The van der Waals surface area contributed by atoms with Gasteiger partial charge in [0.2, 0.25) is 0 Å². The van der Waals surface area contributed by atoms with Crippen LogP contribution in [0.1, 0.15) is 50.4 Å². The van der Waals surface area contributed by atoms with Gasteiger partial charge in [-0.25, -0.2) is 14.0 Å². The summed E-state index contributed by atoms with van der Waals surface area (Å²) in [4.78, 5) is 43.4. The lowest BCUT2D eigenvalue weighted by Crippen LogP contribution is -2.48. The number of nitrogens with one attached hydrogen (secondary N) is 3. The SMILES string of the molecule is COc1ccc(NC(=O)N(C)C[C@@H]2OCCCC[C@H](C)Oc3ccc(NC(=O)Nc4ccc(F)cc4)cc3C(=O)N([C@@H](C)CO)C[C@@H]2C)cc1. The molecular weight excluding hydrogens is 645 g/mol. The minimum atomic E-state index is -0.575. The van der Waals surface area contributed by atoms with Gasteiger partial charge < -0.3 is 45.1 Å². The fourth-order valence-electron chi connectivity index (χ4n) is 5.54. The highest BCUT2D eigenvalue weighted by molar-refractivity contribution is 6.02. The Bertz CT molecular complexity index is 1570. The lowest BCUT2D eigenvalue weighted by molar-refractivity contribution is -0.0115. The average Bonchev–Trinajstić information content (AvgIpc) is 3.10. The molecule has 1 aliphatic heterocycles. The van der Waals surface area contributed by atoms with Gasteiger partial charge in [-0.05, 0) is 99.8 Å². The Kier molecular flexibility index (Phi) is 13.8. The zero-order valence-corrected chi connectivity index (χ0v) is 29.3. The molecule has 0 saturated heterocycles. The van der Waals surface area contributed by atoms with Gasteiger partial charge in [0.05, 0.1) is 37.5 Å². The van der Waals surface area contributed by atoms with Gasteiger partial charge in [0.15, 0.2) is 0 Å². The second-order valence-electron chi connectivity index (χ2n) is 12.6. The summed E-state index contributed by atoms with van der Waals surface area (Å²) < 4.78 is 31.1. The van der Waals surface area contributed by atoms with Crippen LogP contribution in [0.5, 0.6) is 11.5 Å². The first-order chi connectivity index (χ1) is 24.0. The molecule has 270 valence electrons. The molecule has 0 radical (unpaired) electrons. The Labute approximate surface area is 292 Å². The molecule has 3 aromatic rings. The van der Waals surface area contributed by atoms with Crippen LogP contribution in [0.2, 0.25) is 0 Å². The number of carbonyl (C=O) groups excluding carboxylic acids is 3. The molecule has 0 unspecified atom stereocenters. The van der Waals surface area contributed by atoms with E-state index in [2.05, 4.69) is 16.0 Å². The van der Waals surface area contributed by atoms with Crippen molar-refractivity contribution in [2.75, 3.05) is 56.4 Å². The van der Waals surface area contributed by atoms with Crippen molar-refractivity contribution in [2.45, 2.75) is 58.3 Å². The topological polar surface area (TPSA) is 142 Å². The summed E-state index contributed by atoms with van der Waals surface area (Å²) >= 11 is 0. The van der Waals surface area contributed by atoms with Crippen LogP contribution in [-0.2, 0) is 4.74 Å². The van der Waals surface area contributed by atoms with E-state index < -0.39 is 29.9 Å². The van der Waals surface area contributed by atoms with Crippen molar-refractivity contribution < 1.29 is 38.1 Å². The summed E-state index contributed by atoms with van der Waals surface area (Å²) in [6, 6.07) is 15.8. The Morgan fingerprint density at radius 3 is 2.32 bits per heavy atom. The molecule has 0 spiro atoms. The predicted molar refractivity (Wildman–Crippen MR) is 191 cm³/mol. The maximum Gasteiger partial charge on any atom is 0.323 e. The number of fused-ring (bicyclic) bond motifs is 1. The molecule has 1 aliphatic rings. The molecular formula is C37H48FN5O7. The number of amides is 5. The number of carbonyl (C=O) groups is 3. The molecule has 5 amide bonds. The number of ether oxygens (including phenoxy) is 3. The minimum Gasteiger partial charge on any atom is -0.497 e. The summed E-state index contributed by atoms with van der Waals surface area (Å²) in [5, 5.41) is 18.5. The van der Waals surface area contributed by atoms with E-state index >= 15 is 0 Å². The molecule has 4 atom stereocenters. The lowest BCUT2D eigenvalue weighted by atomic mass is 10.0. The molecule has 0 aromatic heterocycles. The molecule has 4 rings (SSSR count). The third-order valence-electron chi connectivity index (χ3n) is 8.55. The number of urea groups is 2. The molecule has 3 aromatic carbocycles. The molecule has 4 N–H and O–H groups in total. The van der Waals surface area contributed by atoms with Gasteiger partial charge >= 0.3 is 12.1 Å². The number of aliphatic hydroxyl groups is 1. The Balaban J connectivity index is 1.56. The Morgan fingerprint density at radius 2 is 1.64 bits per heavy atom. The highest BCUT2D eigenvalue weighted by Crippen LogP contribution is 2.29. The molecule has 1 heterocycles. The van der Waals surface area contributed by atoms with Crippen molar-refractivity contribution in [3.05, 3.63) is 78.1 Å². The average molecular weight is 694 g/mol. The first-order valence-electron chi connectivity index (χ1n) is 16.8. The predicted octanol–water partition coefficient (Wildman–Crippen LogP) is 6.44. The van der Waals surface area contributed by atoms with Gasteiger partial charge in [-0.1, -0.05) is 6.92 Å². The first kappa shape index (κ1) is 37.9. The maximum atomic E-state index is 14.4. The molecule has 0 saturated carbocycles. The Hall–Kier alpha value is -4.88. The largest absolute Gasteiger partial charge is 0.497 e. The molecule has 0 bridgehead atoms. The molecule has 12 nitrogen and oxygen atoms in total. The summed E-state index contributed by atoms with van der Waals surface area (Å²) in [5.74, 6) is -0.0404. The van der Waals surface area contributed by atoms with Crippen molar-refractivity contribution in [1.82, 2.24) is 9.80 Å². The summed E-state index contributed by atoms with van der Waals surface area (Å²) in [7, 11) is 3.27. The quantitative estimate of drug-likeness (QED) is 0.213. The van der Waals surface area contributed by atoms with E-state index in [0.29, 0.717) is 41.6 Å². The second kappa shape index (κ2) is 18.2. The molecule has 0 aliphatic carbocycles. The lowest BCUT2D eigenvalue weighted by Gasteiger charge is -2.35. The van der Waals surface area contributed by atoms with E-state index in [1.807, 2.05) is 13.8 Å². The fraction of sp³-hybridized carbons (Fsp3) is 0.432. The summed E-state index contributed by atoms with van der Waals surface area (Å²) in [5.41, 5.74) is 1.57. The van der Waals surface area contributed by atoms with Crippen LogP contribution in [0.3, 0.4) is 0 Å². The van der Waals surface area contributed by atoms with Crippen LogP contribution < -0.4 is 25.4 Å². The standard InChI is InChI=1S/C37H48FN5O7/c1-24-21-43(25(2)23-44)35(45)32-20-30(40-36(46)39-28-11-9-27(38)10-12-28)15-18-33(32)50-26(3)8-6-7-19-49-34(24)22-42(4)37(47)41-29-13-16-31(48-5)17-14-29/h9-18,20,24-26,34,44H,6-8,19,21-23H2,1-5H3,(H,41,47)(H2,39,40,46)/t24-,25-,26-,34-/m0/s1. The van der Waals surface area contributed by atoms with Crippen LogP contribution in [-0.4, -0.2) is 91.6 Å². The minimum absolute atomic E-state index is 0.205. The van der Waals surface area contributed by atoms with Gasteiger partial charge in [-0.2, -0.15) is 0 Å². The number of likely N-dealkylation sites (N-methyl/N-ethyl adjacent to an activating group) is 1. The zero-order valence-electron chi connectivity index (χ0n) is 29.3. The van der Waals surface area contributed by atoms with Gasteiger partial charge in [-0.15, -0.1) is 0 Å². The van der Waals surface area contributed by atoms with E-state index in [0.717, 1.165) is 12.8 Å². The number of hydrogen-bond acceptors (Lipinski definition) is 7. The van der Waals surface area contributed by atoms with Crippen molar-refractivity contribution in [1.29, 1.82) is 0 Å². The monoisotopic (exact) mass is 693 g/mol. The van der Waals surface area contributed by atoms with E-state index in [9.17, 15) is 23.9 Å². The van der Waals surface area contributed by atoms with Crippen LogP contribution in [0, 0.1) is 11.7 Å². The smallest absolute Gasteiger partial charge is 0.323 e. The number of hydrogen-bond donors (Lipinski definition) is 4. The molecule has 0 fully saturated rings. The number of halogens is 1. The van der Waals surface area contributed by atoms with E-state index in [1.54, 1.807) is 73.3 Å². The maximum absolute atomic E-state index is 14.4. The number of benzene rings is 3. The van der Waals surface area contributed by atoms with Gasteiger partial charge in [0.1, 0.15) is 17.3 Å². The van der Waals surface area contributed by atoms with Crippen LogP contribution in [0.25, 0.3) is 0 Å². The van der Waals surface area contributed by atoms with E-state index in [1.165, 1.54) is 24.3 Å². The summed E-state index contributed by atoms with van der Waals surface area (Å²) in [6.07, 6.45) is 1.64. The first-order valence-corrected chi connectivity index (χ1v) is 16.8. The Morgan fingerprint density at radius 1 is 1.00 bits per heavy atom.